The van der Waals surface area contributed by atoms with Gasteiger partial charge in [0.15, 0.2) is 0 Å². The fourth-order valence-corrected chi connectivity index (χ4v) is 3.22. The lowest BCUT2D eigenvalue weighted by atomic mass is 10.0. The molecule has 0 aliphatic rings. The largest absolute Gasteiger partial charge is 0.361 e. The molecule has 0 bridgehead atoms. The van der Waals surface area contributed by atoms with Crippen molar-refractivity contribution >= 4 is 45.6 Å². The minimum atomic E-state index is 0.180. The molecule has 2 heterocycles. The lowest BCUT2D eigenvalue weighted by Gasteiger charge is -2.11. The summed E-state index contributed by atoms with van der Waals surface area (Å²) in [6, 6.07) is 13.3. The number of nitrogens with one attached hydrogen (secondary N) is 1. The highest BCUT2D eigenvalue weighted by Crippen LogP contribution is 2.32. The molecule has 26 heavy (non-hydrogen) atoms. The van der Waals surface area contributed by atoms with Gasteiger partial charge in [0.25, 0.3) is 0 Å². The summed E-state index contributed by atoms with van der Waals surface area (Å²) in [5.41, 5.74) is 4.40. The minimum Gasteiger partial charge on any atom is -0.361 e. The molecule has 0 radical (unpaired) electrons. The summed E-state index contributed by atoms with van der Waals surface area (Å²) in [5, 5.41) is 9.01. The maximum Gasteiger partial charge on any atom is 0.224 e. The lowest BCUT2D eigenvalue weighted by Crippen LogP contribution is -1.97. The quantitative estimate of drug-likeness (QED) is 0.442. The molecule has 0 unspecified atom stereocenters. The average molecular weight is 385 g/mol. The third kappa shape index (κ3) is 3.11. The van der Waals surface area contributed by atoms with E-state index in [0.29, 0.717) is 10.8 Å². The number of hydrogen-bond acceptors (Lipinski definition) is 5. The Morgan fingerprint density at radius 1 is 0.962 bits per heavy atom. The Balaban J connectivity index is 1.86. The molecule has 0 aliphatic carbocycles. The standard InChI is InChI=1S/C19H14Cl2N4O/c1-10-17(11(2)26-25-10)12-3-8-16-15(9-12)18(24-19(21)23-16)22-14-6-4-13(20)5-7-14/h3-9H,1-2H3,(H,22,23,24). The van der Waals surface area contributed by atoms with E-state index in [4.69, 9.17) is 27.7 Å². The molecule has 5 nitrogen and oxygen atoms in total. The summed E-state index contributed by atoms with van der Waals surface area (Å²) in [5.74, 6) is 1.39. The summed E-state index contributed by atoms with van der Waals surface area (Å²) < 4.78 is 5.29. The molecule has 0 fully saturated rings. The first-order valence-electron chi connectivity index (χ1n) is 7.94. The third-order valence-electron chi connectivity index (χ3n) is 4.10. The van der Waals surface area contributed by atoms with Crippen LogP contribution in [0.1, 0.15) is 11.5 Å². The van der Waals surface area contributed by atoms with Crippen LogP contribution in [0.4, 0.5) is 11.5 Å². The topological polar surface area (TPSA) is 63.8 Å². The van der Waals surface area contributed by atoms with Crippen molar-refractivity contribution < 1.29 is 4.52 Å². The Morgan fingerprint density at radius 3 is 2.42 bits per heavy atom. The maximum absolute atomic E-state index is 6.10. The molecule has 0 atom stereocenters. The molecule has 4 aromatic rings. The normalized spacial score (nSPS) is 11.1. The van der Waals surface area contributed by atoms with Crippen molar-refractivity contribution in [3.05, 3.63) is 64.2 Å². The Kier molecular flexibility index (Phi) is 4.26. The van der Waals surface area contributed by atoms with Crippen LogP contribution in [-0.2, 0) is 0 Å². The fourth-order valence-electron chi connectivity index (χ4n) is 2.92. The van der Waals surface area contributed by atoms with Crippen molar-refractivity contribution in [1.82, 2.24) is 15.1 Å². The smallest absolute Gasteiger partial charge is 0.224 e. The highest BCUT2D eigenvalue weighted by Gasteiger charge is 2.14. The molecule has 4 rings (SSSR count). The molecule has 0 amide bonds. The van der Waals surface area contributed by atoms with Gasteiger partial charge in [-0.1, -0.05) is 22.8 Å². The molecule has 130 valence electrons. The van der Waals surface area contributed by atoms with Gasteiger partial charge in [-0.25, -0.2) is 4.98 Å². The van der Waals surface area contributed by atoms with Gasteiger partial charge in [0, 0.05) is 21.7 Å². The molecule has 0 saturated heterocycles. The van der Waals surface area contributed by atoms with Crippen LogP contribution in [0.2, 0.25) is 10.3 Å². The maximum atomic E-state index is 6.10. The summed E-state index contributed by atoms with van der Waals surface area (Å²) in [6.07, 6.45) is 0. The van der Waals surface area contributed by atoms with E-state index in [-0.39, 0.29) is 5.28 Å². The number of fused-ring (bicyclic) bond motifs is 1. The molecule has 7 heteroatoms. The van der Waals surface area contributed by atoms with Crippen LogP contribution in [-0.4, -0.2) is 15.1 Å². The molecular weight excluding hydrogens is 371 g/mol. The van der Waals surface area contributed by atoms with Crippen molar-refractivity contribution in [2.75, 3.05) is 5.32 Å². The van der Waals surface area contributed by atoms with Crippen LogP contribution in [0.3, 0.4) is 0 Å². The van der Waals surface area contributed by atoms with E-state index in [1.165, 1.54) is 0 Å². The number of rotatable bonds is 3. The van der Waals surface area contributed by atoms with Crippen molar-refractivity contribution in [3.63, 3.8) is 0 Å². The lowest BCUT2D eigenvalue weighted by molar-refractivity contribution is 0.393. The van der Waals surface area contributed by atoms with E-state index in [1.54, 1.807) is 0 Å². The molecule has 0 aliphatic heterocycles. The van der Waals surface area contributed by atoms with E-state index in [0.717, 1.165) is 39.2 Å². The third-order valence-corrected chi connectivity index (χ3v) is 4.52. The van der Waals surface area contributed by atoms with Gasteiger partial charge in [-0.3, -0.25) is 0 Å². The SMILES string of the molecule is Cc1noc(C)c1-c1ccc2nc(Cl)nc(Nc3ccc(Cl)cc3)c2c1. The highest BCUT2D eigenvalue weighted by molar-refractivity contribution is 6.30. The number of nitrogens with zero attached hydrogens (tertiary/aromatic N) is 3. The van der Waals surface area contributed by atoms with E-state index in [2.05, 4.69) is 20.4 Å². The summed E-state index contributed by atoms with van der Waals surface area (Å²) in [7, 11) is 0. The number of benzene rings is 2. The van der Waals surface area contributed by atoms with Crippen LogP contribution in [0, 0.1) is 13.8 Å². The molecule has 1 N–H and O–H groups in total. The first-order valence-corrected chi connectivity index (χ1v) is 8.70. The zero-order valence-corrected chi connectivity index (χ0v) is 15.6. The second-order valence-electron chi connectivity index (χ2n) is 5.90. The summed E-state index contributed by atoms with van der Waals surface area (Å²) in [4.78, 5) is 8.67. The predicted molar refractivity (Wildman–Crippen MR) is 104 cm³/mol. The Hall–Kier alpha value is -2.63. The van der Waals surface area contributed by atoms with Gasteiger partial charge in [0.05, 0.1) is 11.2 Å². The Labute approximate surface area is 160 Å². The second kappa shape index (κ2) is 6.59. The minimum absolute atomic E-state index is 0.180. The van der Waals surface area contributed by atoms with Crippen molar-refractivity contribution in [3.8, 4) is 11.1 Å². The first-order chi connectivity index (χ1) is 12.5. The molecular formula is C19H14Cl2N4O. The molecule has 0 saturated carbocycles. The van der Waals surface area contributed by atoms with Gasteiger partial charge in [0.1, 0.15) is 11.6 Å². The van der Waals surface area contributed by atoms with Gasteiger partial charge in [0.2, 0.25) is 5.28 Å². The first kappa shape index (κ1) is 16.8. The van der Waals surface area contributed by atoms with Gasteiger partial charge in [-0.15, -0.1) is 0 Å². The predicted octanol–water partition coefficient (Wildman–Crippen LogP) is 5.95. The number of hydrogen-bond donors (Lipinski definition) is 1. The zero-order chi connectivity index (χ0) is 18.3. The van der Waals surface area contributed by atoms with Crippen LogP contribution >= 0.6 is 23.2 Å². The monoisotopic (exact) mass is 384 g/mol. The van der Waals surface area contributed by atoms with Crippen molar-refractivity contribution in [2.45, 2.75) is 13.8 Å². The van der Waals surface area contributed by atoms with Crippen LogP contribution in [0.15, 0.2) is 47.0 Å². The summed E-state index contributed by atoms with van der Waals surface area (Å²) in [6.45, 7) is 3.81. The van der Waals surface area contributed by atoms with Crippen LogP contribution < -0.4 is 5.32 Å². The van der Waals surface area contributed by atoms with Gasteiger partial charge in [-0.05, 0) is 67.4 Å². The molecule has 0 spiro atoms. The van der Waals surface area contributed by atoms with Gasteiger partial charge in [-0.2, -0.15) is 4.98 Å². The highest BCUT2D eigenvalue weighted by atomic mass is 35.5. The van der Waals surface area contributed by atoms with Gasteiger partial charge < -0.3 is 9.84 Å². The van der Waals surface area contributed by atoms with Gasteiger partial charge >= 0.3 is 0 Å². The Morgan fingerprint density at radius 2 is 1.73 bits per heavy atom. The zero-order valence-electron chi connectivity index (χ0n) is 14.0. The van der Waals surface area contributed by atoms with Crippen LogP contribution in [0.25, 0.3) is 22.0 Å². The number of halogens is 2. The van der Waals surface area contributed by atoms with E-state index < -0.39 is 0 Å². The van der Waals surface area contributed by atoms with Crippen LogP contribution in [0.5, 0.6) is 0 Å². The summed E-state index contributed by atoms with van der Waals surface area (Å²) >= 11 is 12.0. The van der Waals surface area contributed by atoms with Crippen molar-refractivity contribution in [2.24, 2.45) is 0 Å². The van der Waals surface area contributed by atoms with E-state index in [1.807, 2.05) is 56.3 Å². The Bertz CT molecular complexity index is 1090. The average Bonchev–Trinajstić information content (AvgIpc) is 2.95. The number of aromatic nitrogens is 3. The molecule has 2 aromatic carbocycles. The number of anilines is 2. The van der Waals surface area contributed by atoms with E-state index >= 15 is 0 Å². The molecule has 2 aromatic heterocycles. The second-order valence-corrected chi connectivity index (χ2v) is 6.68. The van der Waals surface area contributed by atoms with E-state index in [9.17, 15) is 0 Å². The number of aryl methyl sites for hydroxylation is 2. The fraction of sp³-hybridized carbons (Fsp3) is 0.105. The van der Waals surface area contributed by atoms with Crippen molar-refractivity contribution in [1.29, 1.82) is 0 Å².